The second-order valence-corrected chi connectivity index (χ2v) is 6.15. The van der Waals surface area contributed by atoms with Crippen LogP contribution in [0.25, 0.3) is 0 Å². The molecule has 15 heavy (non-hydrogen) atoms. The van der Waals surface area contributed by atoms with Gasteiger partial charge in [-0.2, -0.15) is 0 Å². The van der Waals surface area contributed by atoms with Gasteiger partial charge in [-0.1, -0.05) is 0 Å². The molecule has 6 heteroatoms. The van der Waals surface area contributed by atoms with E-state index in [2.05, 4.69) is 10.3 Å². The van der Waals surface area contributed by atoms with Crippen LogP contribution in [0.5, 0.6) is 0 Å². The second kappa shape index (κ2) is 3.98. The molecule has 1 aromatic rings. The number of nitrogens with zero attached hydrogens (tertiary/aromatic N) is 1. The lowest BCUT2D eigenvalue weighted by atomic mass is 9.93. The molecule has 0 aromatic carbocycles. The van der Waals surface area contributed by atoms with Crippen LogP contribution in [0, 0.1) is 0 Å². The third-order valence-electron chi connectivity index (χ3n) is 2.47. The number of pyridine rings is 1. The van der Waals surface area contributed by atoms with Crippen LogP contribution in [0.1, 0.15) is 19.3 Å². The Balaban J connectivity index is 2.18. The average Bonchev–Trinajstić information content (AvgIpc) is 2.11. The summed E-state index contributed by atoms with van der Waals surface area (Å²) in [7, 11) is 1.57. The summed E-state index contributed by atoms with van der Waals surface area (Å²) in [6.45, 7) is 0. The van der Waals surface area contributed by atoms with Crippen molar-refractivity contribution in [2.75, 3.05) is 5.32 Å². The van der Waals surface area contributed by atoms with E-state index in [1.165, 1.54) is 24.8 Å². The topological polar surface area (TPSA) is 59.1 Å². The second-order valence-electron chi connectivity index (χ2n) is 3.59. The molecule has 1 aliphatic carbocycles. The molecule has 0 unspecified atom stereocenters. The highest BCUT2D eigenvalue weighted by Crippen LogP contribution is 2.23. The minimum atomic E-state index is -3.66. The lowest BCUT2D eigenvalue weighted by Gasteiger charge is -2.26. The van der Waals surface area contributed by atoms with Crippen LogP contribution in [0.3, 0.4) is 0 Å². The van der Waals surface area contributed by atoms with Crippen molar-refractivity contribution in [1.29, 1.82) is 0 Å². The van der Waals surface area contributed by atoms with Gasteiger partial charge in [0.05, 0.1) is 4.90 Å². The quantitative estimate of drug-likeness (QED) is 0.829. The van der Waals surface area contributed by atoms with E-state index >= 15 is 0 Å². The monoisotopic (exact) mass is 246 g/mol. The predicted molar refractivity (Wildman–Crippen MR) is 58.5 cm³/mol. The highest BCUT2D eigenvalue weighted by atomic mass is 35.7. The van der Waals surface area contributed by atoms with Gasteiger partial charge < -0.3 is 5.32 Å². The fourth-order valence-electron chi connectivity index (χ4n) is 1.40. The van der Waals surface area contributed by atoms with E-state index in [0.717, 1.165) is 12.8 Å². The van der Waals surface area contributed by atoms with Crippen LogP contribution in [0.2, 0.25) is 0 Å². The van der Waals surface area contributed by atoms with E-state index in [-0.39, 0.29) is 4.90 Å². The van der Waals surface area contributed by atoms with E-state index in [1.807, 2.05) is 0 Å². The van der Waals surface area contributed by atoms with Crippen molar-refractivity contribution in [3.63, 3.8) is 0 Å². The minimum Gasteiger partial charge on any atom is -0.367 e. The van der Waals surface area contributed by atoms with Crippen molar-refractivity contribution in [1.82, 2.24) is 4.98 Å². The summed E-state index contributed by atoms with van der Waals surface area (Å²) in [4.78, 5) is 4.12. The molecule has 0 bridgehead atoms. The van der Waals surface area contributed by atoms with Gasteiger partial charge in [0.25, 0.3) is 9.05 Å². The molecule has 0 spiro atoms. The van der Waals surface area contributed by atoms with Gasteiger partial charge in [0, 0.05) is 29.0 Å². The largest absolute Gasteiger partial charge is 0.367 e. The van der Waals surface area contributed by atoms with Crippen LogP contribution < -0.4 is 5.32 Å². The van der Waals surface area contributed by atoms with Crippen molar-refractivity contribution in [2.45, 2.75) is 30.2 Å². The zero-order valence-electron chi connectivity index (χ0n) is 7.98. The Morgan fingerprint density at radius 1 is 1.47 bits per heavy atom. The number of anilines is 1. The standard InChI is InChI=1S/C9H11ClN2O2S/c10-15(13,14)8-4-5-11-9(6-8)12-7-2-1-3-7/h4-7H,1-3H2,(H,11,12). The molecule has 0 saturated heterocycles. The fraction of sp³-hybridized carbons (Fsp3) is 0.444. The van der Waals surface area contributed by atoms with Crippen molar-refractivity contribution >= 4 is 25.6 Å². The zero-order chi connectivity index (χ0) is 10.9. The van der Waals surface area contributed by atoms with Gasteiger partial charge in [0.2, 0.25) is 0 Å². The molecule has 1 aliphatic rings. The molecule has 1 fully saturated rings. The van der Waals surface area contributed by atoms with Crippen LogP contribution in [-0.4, -0.2) is 19.4 Å². The Kier molecular flexibility index (Phi) is 2.84. The minimum absolute atomic E-state index is 0.0843. The predicted octanol–water partition coefficient (Wildman–Crippen LogP) is 1.97. The summed E-state index contributed by atoms with van der Waals surface area (Å²) in [6.07, 6.45) is 4.88. The van der Waals surface area contributed by atoms with Gasteiger partial charge in [0.15, 0.2) is 0 Å². The number of halogens is 1. The van der Waals surface area contributed by atoms with E-state index < -0.39 is 9.05 Å². The number of aromatic nitrogens is 1. The highest BCUT2D eigenvalue weighted by molar-refractivity contribution is 8.13. The molecule has 1 N–H and O–H groups in total. The molecule has 1 aromatic heterocycles. The molecule has 1 heterocycles. The van der Waals surface area contributed by atoms with Gasteiger partial charge >= 0.3 is 0 Å². The molecule has 0 atom stereocenters. The Morgan fingerprint density at radius 2 is 2.20 bits per heavy atom. The summed E-state index contributed by atoms with van der Waals surface area (Å²) < 4.78 is 22.1. The first-order valence-electron chi connectivity index (χ1n) is 4.73. The van der Waals surface area contributed by atoms with Gasteiger partial charge in [-0.05, 0) is 25.3 Å². The number of hydrogen-bond acceptors (Lipinski definition) is 4. The summed E-state index contributed by atoms with van der Waals surface area (Å²) in [5.74, 6) is 0.571. The Hall–Kier alpha value is -0.810. The van der Waals surface area contributed by atoms with Crippen molar-refractivity contribution < 1.29 is 8.42 Å². The van der Waals surface area contributed by atoms with Crippen LogP contribution in [-0.2, 0) is 9.05 Å². The number of nitrogens with one attached hydrogen (secondary N) is 1. The third kappa shape index (κ3) is 2.60. The molecule has 0 aliphatic heterocycles. The number of hydrogen-bond donors (Lipinski definition) is 1. The molecule has 1 saturated carbocycles. The molecule has 4 nitrogen and oxygen atoms in total. The molecule has 2 rings (SSSR count). The average molecular weight is 247 g/mol. The summed E-state index contributed by atoms with van der Waals surface area (Å²) >= 11 is 0. The van der Waals surface area contributed by atoms with Crippen molar-refractivity contribution in [3.05, 3.63) is 18.3 Å². The van der Waals surface area contributed by atoms with Crippen LogP contribution in [0.4, 0.5) is 5.82 Å². The van der Waals surface area contributed by atoms with E-state index in [0.29, 0.717) is 11.9 Å². The first-order chi connectivity index (χ1) is 7.05. The molecule has 0 radical (unpaired) electrons. The number of rotatable bonds is 3. The summed E-state index contributed by atoms with van der Waals surface area (Å²) in [6, 6.07) is 3.26. The Morgan fingerprint density at radius 3 is 2.73 bits per heavy atom. The van der Waals surface area contributed by atoms with Gasteiger partial charge in [-0.15, -0.1) is 0 Å². The summed E-state index contributed by atoms with van der Waals surface area (Å²) in [5, 5.41) is 3.16. The van der Waals surface area contributed by atoms with Crippen LogP contribution in [0.15, 0.2) is 23.2 Å². The Bertz CT molecular complexity index is 457. The van der Waals surface area contributed by atoms with Crippen molar-refractivity contribution in [2.24, 2.45) is 0 Å². The Labute approximate surface area is 93.1 Å². The molecule has 82 valence electrons. The first-order valence-corrected chi connectivity index (χ1v) is 7.04. The summed E-state index contributed by atoms with van der Waals surface area (Å²) in [5.41, 5.74) is 0. The maximum Gasteiger partial charge on any atom is 0.261 e. The van der Waals surface area contributed by atoms with Gasteiger partial charge in [-0.25, -0.2) is 13.4 Å². The van der Waals surface area contributed by atoms with Crippen molar-refractivity contribution in [3.8, 4) is 0 Å². The fourth-order valence-corrected chi connectivity index (χ4v) is 2.17. The normalized spacial score (nSPS) is 17.1. The van der Waals surface area contributed by atoms with E-state index in [1.54, 1.807) is 0 Å². The highest BCUT2D eigenvalue weighted by Gasteiger charge is 2.18. The maximum atomic E-state index is 11.1. The van der Waals surface area contributed by atoms with E-state index in [9.17, 15) is 8.42 Å². The lowest BCUT2D eigenvalue weighted by molar-refractivity contribution is 0.444. The zero-order valence-corrected chi connectivity index (χ0v) is 9.55. The first kappa shape index (κ1) is 10.7. The SMILES string of the molecule is O=S(=O)(Cl)c1ccnc(NC2CCC2)c1. The maximum absolute atomic E-state index is 11.1. The van der Waals surface area contributed by atoms with Gasteiger partial charge in [0.1, 0.15) is 5.82 Å². The molecular formula is C9H11ClN2O2S. The smallest absolute Gasteiger partial charge is 0.261 e. The van der Waals surface area contributed by atoms with Gasteiger partial charge in [-0.3, -0.25) is 0 Å². The third-order valence-corrected chi connectivity index (χ3v) is 3.82. The molecular weight excluding hydrogens is 236 g/mol. The van der Waals surface area contributed by atoms with E-state index in [4.69, 9.17) is 10.7 Å². The van der Waals surface area contributed by atoms with Crippen LogP contribution >= 0.6 is 10.7 Å². The molecule has 0 amide bonds. The lowest BCUT2D eigenvalue weighted by Crippen LogP contribution is -2.27.